The van der Waals surface area contributed by atoms with E-state index < -0.39 is 5.82 Å². The third-order valence-corrected chi connectivity index (χ3v) is 6.32. The number of halogens is 2. The Hall–Kier alpha value is -4.13. The van der Waals surface area contributed by atoms with Gasteiger partial charge in [0.25, 0.3) is 11.8 Å². The van der Waals surface area contributed by atoms with Crippen LogP contribution >= 0.6 is 0 Å². The molecule has 4 aromatic rings. The Kier molecular flexibility index (Phi) is 6.23. The van der Waals surface area contributed by atoms with E-state index >= 15 is 0 Å². The molecule has 0 unspecified atom stereocenters. The number of piperidine rings is 1. The van der Waals surface area contributed by atoms with Gasteiger partial charge >= 0.3 is 0 Å². The van der Waals surface area contributed by atoms with Crippen molar-refractivity contribution in [1.29, 1.82) is 0 Å². The Balaban J connectivity index is 1.32. The zero-order valence-electron chi connectivity index (χ0n) is 18.9. The molecule has 1 aromatic heterocycles. The van der Waals surface area contributed by atoms with Crippen molar-refractivity contribution in [3.05, 3.63) is 102 Å². The summed E-state index contributed by atoms with van der Waals surface area (Å²) in [5, 5.41) is 3.81. The average Bonchev–Trinajstić information content (AvgIpc) is 2.89. The molecule has 1 N–H and O–H groups in total. The molecule has 2 amide bonds. The van der Waals surface area contributed by atoms with Crippen molar-refractivity contribution in [1.82, 2.24) is 15.2 Å². The van der Waals surface area contributed by atoms with Crippen LogP contribution in [-0.2, 0) is 0 Å². The second-order valence-electron chi connectivity index (χ2n) is 8.60. The van der Waals surface area contributed by atoms with E-state index in [-0.39, 0.29) is 29.2 Å². The molecule has 1 aliphatic heterocycles. The van der Waals surface area contributed by atoms with Crippen LogP contribution in [0.1, 0.15) is 33.6 Å². The van der Waals surface area contributed by atoms with Gasteiger partial charge in [-0.1, -0.05) is 30.3 Å². The average molecular weight is 472 g/mol. The smallest absolute Gasteiger partial charge is 0.256 e. The highest BCUT2D eigenvalue weighted by atomic mass is 19.1. The molecule has 7 heteroatoms. The van der Waals surface area contributed by atoms with E-state index in [1.165, 1.54) is 24.3 Å². The van der Waals surface area contributed by atoms with Gasteiger partial charge in [-0.05, 0) is 61.4 Å². The van der Waals surface area contributed by atoms with Crippen LogP contribution in [0.15, 0.2) is 78.9 Å². The van der Waals surface area contributed by atoms with Crippen molar-refractivity contribution in [3.8, 4) is 11.3 Å². The molecule has 1 fully saturated rings. The minimum Gasteiger partial charge on any atom is -0.349 e. The molecule has 1 aliphatic rings. The molecule has 5 rings (SSSR count). The predicted molar refractivity (Wildman–Crippen MR) is 130 cm³/mol. The van der Waals surface area contributed by atoms with Crippen LogP contribution in [0.3, 0.4) is 0 Å². The third kappa shape index (κ3) is 4.75. The zero-order valence-corrected chi connectivity index (χ0v) is 18.9. The van der Waals surface area contributed by atoms with Crippen LogP contribution in [0, 0.1) is 11.6 Å². The lowest BCUT2D eigenvalue weighted by molar-refractivity contribution is 0.0694. The van der Waals surface area contributed by atoms with Crippen LogP contribution in [0.25, 0.3) is 22.2 Å². The van der Waals surface area contributed by atoms with Crippen LogP contribution in [0.5, 0.6) is 0 Å². The van der Waals surface area contributed by atoms with E-state index in [1.807, 2.05) is 24.3 Å². The Morgan fingerprint density at radius 1 is 0.857 bits per heavy atom. The van der Waals surface area contributed by atoms with Gasteiger partial charge in [0.2, 0.25) is 0 Å². The molecule has 5 nitrogen and oxygen atoms in total. The summed E-state index contributed by atoms with van der Waals surface area (Å²) in [6.07, 6.45) is 1.14. The van der Waals surface area contributed by atoms with Crippen molar-refractivity contribution in [2.45, 2.75) is 18.9 Å². The number of hydrogen-bond donors (Lipinski definition) is 1. The molecule has 2 heterocycles. The molecule has 1 saturated heterocycles. The van der Waals surface area contributed by atoms with Gasteiger partial charge in [-0.25, -0.2) is 13.8 Å². The molecule has 35 heavy (non-hydrogen) atoms. The lowest BCUT2D eigenvalue weighted by Crippen LogP contribution is -2.46. The van der Waals surface area contributed by atoms with Gasteiger partial charge in [0.1, 0.15) is 11.6 Å². The lowest BCUT2D eigenvalue weighted by atomic mass is 10.0. The summed E-state index contributed by atoms with van der Waals surface area (Å²) in [5.41, 5.74) is 2.52. The van der Waals surface area contributed by atoms with E-state index in [1.54, 1.807) is 35.2 Å². The fraction of sp³-hybridized carbons (Fsp3) is 0.179. The van der Waals surface area contributed by atoms with Gasteiger partial charge in [-0.15, -0.1) is 0 Å². The number of aromatic nitrogens is 1. The molecular formula is C28H23F2N3O2. The summed E-state index contributed by atoms with van der Waals surface area (Å²) in [4.78, 5) is 32.3. The topological polar surface area (TPSA) is 62.3 Å². The first-order chi connectivity index (χ1) is 17.0. The minimum absolute atomic E-state index is 0.0616. The van der Waals surface area contributed by atoms with Gasteiger partial charge < -0.3 is 10.2 Å². The Bertz CT molecular complexity index is 1400. The molecule has 0 saturated carbocycles. The van der Waals surface area contributed by atoms with Crippen molar-refractivity contribution in [2.24, 2.45) is 0 Å². The summed E-state index contributed by atoms with van der Waals surface area (Å²) < 4.78 is 27.4. The maximum Gasteiger partial charge on any atom is 0.256 e. The number of benzene rings is 3. The number of nitrogens with one attached hydrogen (secondary N) is 1. The number of rotatable bonds is 4. The highest BCUT2D eigenvalue weighted by Crippen LogP contribution is 2.26. The Labute approximate surface area is 201 Å². The van der Waals surface area contributed by atoms with Gasteiger partial charge in [-0.2, -0.15) is 0 Å². The standard InChI is InChI=1S/C28H23F2N3O2/c29-19-11-9-18(10-12-19)26-17-23(21-5-2-4-8-25(21)32-26)27(34)31-20-13-15-33(16-14-20)28(35)22-6-1-3-7-24(22)30/h1-12,17,20H,13-16H2,(H,31,34). The normalized spacial score (nSPS) is 14.2. The minimum atomic E-state index is -0.533. The molecule has 3 aromatic carbocycles. The van der Waals surface area contributed by atoms with Gasteiger partial charge in [0.15, 0.2) is 0 Å². The monoisotopic (exact) mass is 471 g/mol. The fourth-order valence-electron chi connectivity index (χ4n) is 4.43. The van der Waals surface area contributed by atoms with Crippen LogP contribution in [0.2, 0.25) is 0 Å². The molecule has 0 bridgehead atoms. The highest BCUT2D eigenvalue weighted by Gasteiger charge is 2.26. The van der Waals surface area contributed by atoms with E-state index in [0.29, 0.717) is 48.3 Å². The quantitative estimate of drug-likeness (QED) is 0.444. The van der Waals surface area contributed by atoms with Crippen LogP contribution in [-0.4, -0.2) is 40.8 Å². The number of nitrogens with zero attached hydrogens (tertiary/aromatic N) is 2. The second kappa shape index (κ2) is 9.62. The number of amides is 2. The summed E-state index contributed by atoms with van der Waals surface area (Å²) in [7, 11) is 0. The number of carbonyl (C=O) groups is 2. The molecule has 176 valence electrons. The maximum absolute atomic E-state index is 14.0. The Morgan fingerprint density at radius 3 is 2.29 bits per heavy atom. The van der Waals surface area contributed by atoms with Gasteiger partial charge in [0.05, 0.1) is 22.3 Å². The zero-order chi connectivity index (χ0) is 24.4. The first-order valence-corrected chi connectivity index (χ1v) is 11.5. The lowest BCUT2D eigenvalue weighted by Gasteiger charge is -2.32. The fourth-order valence-corrected chi connectivity index (χ4v) is 4.43. The van der Waals surface area contributed by atoms with Gasteiger partial charge in [0, 0.05) is 30.1 Å². The van der Waals surface area contributed by atoms with E-state index in [0.717, 1.165) is 5.39 Å². The summed E-state index contributed by atoms with van der Waals surface area (Å²) in [6.45, 7) is 0.853. The second-order valence-corrected chi connectivity index (χ2v) is 8.60. The number of carbonyl (C=O) groups excluding carboxylic acids is 2. The molecule has 0 atom stereocenters. The maximum atomic E-state index is 14.0. The van der Waals surface area contributed by atoms with Gasteiger partial charge in [-0.3, -0.25) is 9.59 Å². The number of hydrogen-bond acceptors (Lipinski definition) is 3. The molecular weight excluding hydrogens is 448 g/mol. The number of para-hydroxylation sites is 1. The number of likely N-dealkylation sites (tertiary alicyclic amines) is 1. The first-order valence-electron chi connectivity index (χ1n) is 11.5. The molecule has 0 aliphatic carbocycles. The first kappa shape index (κ1) is 22.7. The third-order valence-electron chi connectivity index (χ3n) is 6.32. The van der Waals surface area contributed by atoms with Crippen molar-refractivity contribution in [2.75, 3.05) is 13.1 Å². The SMILES string of the molecule is O=C(NC1CCN(C(=O)c2ccccc2F)CC1)c1cc(-c2ccc(F)cc2)nc2ccccc12. The van der Waals surface area contributed by atoms with Crippen molar-refractivity contribution >= 4 is 22.7 Å². The molecule has 0 radical (unpaired) electrons. The number of pyridine rings is 1. The molecule has 0 spiro atoms. The summed E-state index contributed by atoms with van der Waals surface area (Å²) in [6, 6.07) is 21.0. The highest BCUT2D eigenvalue weighted by molar-refractivity contribution is 6.07. The number of fused-ring (bicyclic) bond motifs is 1. The summed E-state index contributed by atoms with van der Waals surface area (Å²) >= 11 is 0. The van der Waals surface area contributed by atoms with Crippen LogP contribution in [0.4, 0.5) is 8.78 Å². The van der Waals surface area contributed by atoms with Crippen molar-refractivity contribution in [3.63, 3.8) is 0 Å². The summed E-state index contributed by atoms with van der Waals surface area (Å²) in [5.74, 6) is -1.44. The van der Waals surface area contributed by atoms with E-state index in [4.69, 9.17) is 0 Å². The largest absolute Gasteiger partial charge is 0.349 e. The Morgan fingerprint density at radius 2 is 1.54 bits per heavy atom. The van der Waals surface area contributed by atoms with Crippen molar-refractivity contribution < 1.29 is 18.4 Å². The predicted octanol–water partition coefficient (Wildman–Crippen LogP) is 5.21. The van der Waals surface area contributed by atoms with E-state index in [9.17, 15) is 18.4 Å². The van der Waals surface area contributed by atoms with Crippen LogP contribution < -0.4 is 5.32 Å². The van der Waals surface area contributed by atoms with E-state index in [2.05, 4.69) is 10.3 Å².